The molecule has 3 rings (SSSR count). The van der Waals surface area contributed by atoms with Crippen molar-refractivity contribution < 1.29 is 9.59 Å². The number of rotatable bonds is 5. The first-order valence-corrected chi connectivity index (χ1v) is 8.76. The minimum absolute atomic E-state index is 0.0170. The molecule has 7 heteroatoms. The average molecular weight is 344 g/mol. The Morgan fingerprint density at radius 3 is 2.54 bits per heavy atom. The number of carbonyl (C=O) groups is 2. The van der Waals surface area contributed by atoms with E-state index < -0.39 is 0 Å². The first-order chi connectivity index (χ1) is 11.5. The molecule has 2 aromatic rings. The van der Waals surface area contributed by atoms with Gasteiger partial charge in [-0.1, -0.05) is 19.1 Å². The SMILES string of the molecule is CC(=O)Nc1ccc(-c2csc(NC(=O)C(C)C3CNC3)n2)cc1. The highest BCUT2D eigenvalue weighted by atomic mass is 32.1. The van der Waals surface area contributed by atoms with Gasteiger partial charge in [0.2, 0.25) is 11.8 Å². The molecule has 6 nitrogen and oxygen atoms in total. The summed E-state index contributed by atoms with van der Waals surface area (Å²) in [5.74, 6) is 0.307. The monoisotopic (exact) mass is 344 g/mol. The maximum atomic E-state index is 12.2. The normalized spacial score (nSPS) is 15.4. The van der Waals surface area contributed by atoms with Gasteiger partial charge in [0.1, 0.15) is 0 Å². The van der Waals surface area contributed by atoms with Crippen molar-refractivity contribution in [3.05, 3.63) is 29.6 Å². The smallest absolute Gasteiger partial charge is 0.229 e. The highest BCUT2D eigenvalue weighted by molar-refractivity contribution is 7.14. The summed E-state index contributed by atoms with van der Waals surface area (Å²) in [4.78, 5) is 27.7. The number of thiazole rings is 1. The first-order valence-electron chi connectivity index (χ1n) is 7.88. The largest absolute Gasteiger partial charge is 0.326 e. The predicted octanol–water partition coefficient (Wildman–Crippen LogP) is 2.56. The topological polar surface area (TPSA) is 83.1 Å². The van der Waals surface area contributed by atoms with Crippen molar-refractivity contribution in [2.75, 3.05) is 23.7 Å². The lowest BCUT2D eigenvalue weighted by atomic mass is 9.88. The molecule has 1 aliphatic rings. The van der Waals surface area contributed by atoms with Crippen LogP contribution in [-0.2, 0) is 9.59 Å². The number of hydrogen-bond donors (Lipinski definition) is 3. The fourth-order valence-corrected chi connectivity index (χ4v) is 3.21. The summed E-state index contributed by atoms with van der Waals surface area (Å²) in [6.45, 7) is 5.23. The zero-order valence-electron chi connectivity index (χ0n) is 13.6. The Hall–Kier alpha value is -2.25. The Labute approximate surface area is 144 Å². The maximum absolute atomic E-state index is 12.2. The third kappa shape index (κ3) is 3.80. The zero-order chi connectivity index (χ0) is 17.1. The summed E-state index contributed by atoms with van der Waals surface area (Å²) in [7, 11) is 0. The second kappa shape index (κ2) is 7.11. The van der Waals surface area contributed by atoms with E-state index in [1.807, 2.05) is 36.6 Å². The van der Waals surface area contributed by atoms with Gasteiger partial charge in [-0.05, 0) is 31.1 Å². The van der Waals surface area contributed by atoms with Crippen molar-refractivity contribution in [3.8, 4) is 11.3 Å². The van der Waals surface area contributed by atoms with Crippen LogP contribution in [0.25, 0.3) is 11.3 Å². The Morgan fingerprint density at radius 2 is 1.96 bits per heavy atom. The third-order valence-electron chi connectivity index (χ3n) is 4.17. The summed E-state index contributed by atoms with van der Waals surface area (Å²) in [6, 6.07) is 7.46. The fourth-order valence-electron chi connectivity index (χ4n) is 2.49. The molecule has 1 saturated heterocycles. The van der Waals surface area contributed by atoms with E-state index >= 15 is 0 Å². The Kier molecular flexibility index (Phi) is 4.92. The van der Waals surface area contributed by atoms with Crippen molar-refractivity contribution in [2.24, 2.45) is 11.8 Å². The van der Waals surface area contributed by atoms with E-state index in [4.69, 9.17) is 0 Å². The molecule has 1 aromatic carbocycles. The molecule has 0 saturated carbocycles. The van der Waals surface area contributed by atoms with Crippen LogP contribution < -0.4 is 16.0 Å². The van der Waals surface area contributed by atoms with Crippen LogP contribution in [-0.4, -0.2) is 29.9 Å². The number of hydrogen-bond acceptors (Lipinski definition) is 5. The molecule has 0 bridgehead atoms. The van der Waals surface area contributed by atoms with E-state index in [1.54, 1.807) is 0 Å². The molecule has 2 heterocycles. The molecular weight excluding hydrogens is 324 g/mol. The summed E-state index contributed by atoms with van der Waals surface area (Å²) in [6.07, 6.45) is 0. The zero-order valence-corrected chi connectivity index (χ0v) is 14.4. The number of nitrogens with zero attached hydrogens (tertiary/aromatic N) is 1. The molecule has 1 aromatic heterocycles. The van der Waals surface area contributed by atoms with Gasteiger partial charge in [0, 0.05) is 29.5 Å². The van der Waals surface area contributed by atoms with Crippen LogP contribution in [0.2, 0.25) is 0 Å². The minimum atomic E-state index is -0.0998. The lowest BCUT2D eigenvalue weighted by Gasteiger charge is -2.31. The van der Waals surface area contributed by atoms with Crippen molar-refractivity contribution in [2.45, 2.75) is 13.8 Å². The van der Waals surface area contributed by atoms with E-state index in [9.17, 15) is 9.59 Å². The molecule has 2 amide bonds. The van der Waals surface area contributed by atoms with Crippen LogP contribution in [0.15, 0.2) is 29.6 Å². The lowest BCUT2D eigenvalue weighted by Crippen LogP contribution is -2.48. The fraction of sp³-hybridized carbons (Fsp3) is 0.353. The molecule has 1 unspecified atom stereocenters. The Balaban J connectivity index is 1.64. The second-order valence-electron chi connectivity index (χ2n) is 5.99. The van der Waals surface area contributed by atoms with E-state index in [0.717, 1.165) is 30.0 Å². The molecule has 0 spiro atoms. The van der Waals surface area contributed by atoms with E-state index in [-0.39, 0.29) is 17.7 Å². The van der Waals surface area contributed by atoms with Gasteiger partial charge in [0.25, 0.3) is 0 Å². The number of anilines is 2. The molecule has 24 heavy (non-hydrogen) atoms. The van der Waals surface area contributed by atoms with Crippen LogP contribution in [0.1, 0.15) is 13.8 Å². The molecule has 3 N–H and O–H groups in total. The number of amides is 2. The highest BCUT2D eigenvalue weighted by Crippen LogP contribution is 2.27. The molecule has 1 atom stereocenters. The number of nitrogens with one attached hydrogen (secondary N) is 3. The summed E-state index contributed by atoms with van der Waals surface area (Å²) >= 11 is 1.41. The summed E-state index contributed by atoms with van der Waals surface area (Å²) in [5, 5.41) is 11.3. The Morgan fingerprint density at radius 1 is 1.25 bits per heavy atom. The van der Waals surface area contributed by atoms with Crippen molar-refractivity contribution in [3.63, 3.8) is 0 Å². The van der Waals surface area contributed by atoms with Crippen molar-refractivity contribution in [1.82, 2.24) is 10.3 Å². The van der Waals surface area contributed by atoms with Gasteiger partial charge in [-0.25, -0.2) is 4.98 Å². The van der Waals surface area contributed by atoms with Gasteiger partial charge in [-0.15, -0.1) is 11.3 Å². The minimum Gasteiger partial charge on any atom is -0.326 e. The maximum Gasteiger partial charge on any atom is 0.229 e. The predicted molar refractivity (Wildman–Crippen MR) is 96.0 cm³/mol. The standard InChI is InChI=1S/C17H20N4O2S/c1-10(13-7-18-8-13)16(23)21-17-20-15(9-24-17)12-3-5-14(6-4-12)19-11(2)22/h3-6,9-10,13,18H,7-8H2,1-2H3,(H,19,22)(H,20,21,23). The van der Waals surface area contributed by atoms with Gasteiger partial charge < -0.3 is 16.0 Å². The van der Waals surface area contributed by atoms with Crippen LogP contribution in [0.5, 0.6) is 0 Å². The first kappa shape index (κ1) is 16.6. The van der Waals surface area contributed by atoms with E-state index in [2.05, 4.69) is 20.9 Å². The van der Waals surface area contributed by atoms with Crippen LogP contribution in [0, 0.1) is 11.8 Å². The molecule has 1 aliphatic heterocycles. The quantitative estimate of drug-likeness (QED) is 0.778. The van der Waals surface area contributed by atoms with Gasteiger partial charge in [-0.3, -0.25) is 9.59 Å². The van der Waals surface area contributed by atoms with Crippen LogP contribution >= 0.6 is 11.3 Å². The average Bonchev–Trinajstić information content (AvgIpc) is 2.94. The third-order valence-corrected chi connectivity index (χ3v) is 4.93. The van der Waals surface area contributed by atoms with Gasteiger partial charge in [0.15, 0.2) is 5.13 Å². The van der Waals surface area contributed by atoms with E-state index in [1.165, 1.54) is 18.3 Å². The Bertz CT molecular complexity index is 737. The molecule has 126 valence electrons. The highest BCUT2D eigenvalue weighted by Gasteiger charge is 2.29. The van der Waals surface area contributed by atoms with Crippen LogP contribution in [0.4, 0.5) is 10.8 Å². The van der Waals surface area contributed by atoms with Gasteiger partial charge in [0.05, 0.1) is 5.69 Å². The van der Waals surface area contributed by atoms with Crippen molar-refractivity contribution in [1.29, 1.82) is 0 Å². The van der Waals surface area contributed by atoms with E-state index in [0.29, 0.717) is 11.0 Å². The van der Waals surface area contributed by atoms with Gasteiger partial charge in [-0.2, -0.15) is 0 Å². The van der Waals surface area contributed by atoms with Gasteiger partial charge >= 0.3 is 0 Å². The summed E-state index contributed by atoms with van der Waals surface area (Å²) < 4.78 is 0. The number of carbonyl (C=O) groups excluding carboxylic acids is 2. The molecule has 0 radical (unpaired) electrons. The number of benzene rings is 1. The summed E-state index contributed by atoms with van der Waals surface area (Å²) in [5.41, 5.74) is 2.50. The molecule has 1 fully saturated rings. The molecule has 0 aliphatic carbocycles. The lowest BCUT2D eigenvalue weighted by molar-refractivity contribution is -0.121. The van der Waals surface area contributed by atoms with Crippen molar-refractivity contribution >= 4 is 34.0 Å². The molecular formula is C17H20N4O2S. The van der Waals surface area contributed by atoms with Crippen LogP contribution in [0.3, 0.4) is 0 Å². The number of aromatic nitrogens is 1. The second-order valence-corrected chi connectivity index (χ2v) is 6.85.